The van der Waals surface area contributed by atoms with E-state index in [1.54, 1.807) is 19.1 Å². The van der Waals surface area contributed by atoms with Crippen LogP contribution in [0.25, 0.3) is 10.9 Å². The quantitative estimate of drug-likeness (QED) is 0.799. The molecule has 16 heavy (non-hydrogen) atoms. The Morgan fingerprint density at radius 2 is 2.06 bits per heavy atom. The molecule has 0 bridgehead atoms. The van der Waals surface area contributed by atoms with Crippen LogP contribution in [-0.4, -0.2) is 16.1 Å². The van der Waals surface area contributed by atoms with E-state index in [0.29, 0.717) is 15.9 Å². The lowest BCUT2D eigenvalue weighted by Gasteiger charge is -2.04. The molecule has 5 heteroatoms. The van der Waals surface area contributed by atoms with Crippen LogP contribution in [0.15, 0.2) is 23.0 Å². The highest BCUT2D eigenvalue weighted by molar-refractivity contribution is 6.31. The zero-order valence-corrected chi connectivity index (χ0v) is 9.13. The van der Waals surface area contributed by atoms with Crippen molar-refractivity contribution < 1.29 is 9.90 Å². The van der Waals surface area contributed by atoms with E-state index in [9.17, 15) is 9.59 Å². The number of nitrogens with one attached hydrogen (secondary N) is 1. The summed E-state index contributed by atoms with van der Waals surface area (Å²) in [5.41, 5.74) is 0.524. The maximum Gasteiger partial charge on any atom is 0.341 e. The van der Waals surface area contributed by atoms with Gasteiger partial charge in [0.15, 0.2) is 0 Å². The predicted molar refractivity (Wildman–Crippen MR) is 61.3 cm³/mol. The summed E-state index contributed by atoms with van der Waals surface area (Å²) in [6.07, 6.45) is 0. The smallest absolute Gasteiger partial charge is 0.341 e. The van der Waals surface area contributed by atoms with E-state index in [-0.39, 0.29) is 5.56 Å². The van der Waals surface area contributed by atoms with Crippen molar-refractivity contribution in [2.45, 2.75) is 6.92 Å². The largest absolute Gasteiger partial charge is 0.477 e. The molecular weight excluding hydrogens is 230 g/mol. The lowest BCUT2D eigenvalue weighted by Crippen LogP contribution is -2.17. The third-order valence-electron chi connectivity index (χ3n) is 2.34. The number of pyridine rings is 1. The van der Waals surface area contributed by atoms with Gasteiger partial charge in [0.25, 0.3) is 5.56 Å². The van der Waals surface area contributed by atoms with E-state index in [2.05, 4.69) is 4.98 Å². The molecule has 0 radical (unpaired) electrons. The Morgan fingerprint density at radius 1 is 1.38 bits per heavy atom. The summed E-state index contributed by atoms with van der Waals surface area (Å²) in [6.45, 7) is 1.80. The maximum absolute atomic E-state index is 11.4. The minimum atomic E-state index is -1.25. The van der Waals surface area contributed by atoms with E-state index < -0.39 is 11.5 Å². The minimum Gasteiger partial charge on any atom is -0.477 e. The average Bonchev–Trinajstić information content (AvgIpc) is 2.18. The Labute approximate surface area is 95.5 Å². The molecule has 0 aliphatic heterocycles. The summed E-state index contributed by atoms with van der Waals surface area (Å²) in [5.74, 6) is -1.25. The standard InChI is InChI=1S/C11H8ClNO3/c1-5-2-7(12)3-6-4-8(11(15)16)10(14)13-9(5)6/h2-4H,1H3,(H,13,14)(H,15,16). The third-order valence-corrected chi connectivity index (χ3v) is 2.56. The highest BCUT2D eigenvalue weighted by Crippen LogP contribution is 2.21. The van der Waals surface area contributed by atoms with Crippen molar-refractivity contribution in [3.63, 3.8) is 0 Å². The number of aromatic amines is 1. The molecule has 0 unspecified atom stereocenters. The number of aromatic carboxylic acids is 1. The number of rotatable bonds is 1. The van der Waals surface area contributed by atoms with E-state index in [1.807, 2.05) is 0 Å². The van der Waals surface area contributed by atoms with Gasteiger partial charge in [-0.3, -0.25) is 4.79 Å². The fraction of sp³-hybridized carbons (Fsp3) is 0.0909. The van der Waals surface area contributed by atoms with E-state index in [4.69, 9.17) is 16.7 Å². The van der Waals surface area contributed by atoms with E-state index in [1.165, 1.54) is 6.07 Å². The number of hydrogen-bond acceptors (Lipinski definition) is 2. The minimum absolute atomic E-state index is 0.283. The molecule has 2 rings (SSSR count). The predicted octanol–water partition coefficient (Wildman–Crippen LogP) is 2.19. The summed E-state index contributed by atoms with van der Waals surface area (Å²) in [7, 11) is 0. The molecule has 82 valence electrons. The third kappa shape index (κ3) is 1.67. The van der Waals surface area contributed by atoms with Gasteiger partial charge < -0.3 is 10.1 Å². The number of halogens is 1. The molecule has 0 saturated carbocycles. The molecule has 4 nitrogen and oxygen atoms in total. The first-order valence-electron chi connectivity index (χ1n) is 4.55. The number of fused-ring (bicyclic) bond motifs is 1. The molecule has 0 aliphatic rings. The van der Waals surface area contributed by atoms with Crippen LogP contribution in [0.2, 0.25) is 5.02 Å². The summed E-state index contributed by atoms with van der Waals surface area (Å²) in [4.78, 5) is 24.8. The molecule has 1 heterocycles. The normalized spacial score (nSPS) is 10.6. The number of carboxylic acid groups (broad SMARTS) is 1. The number of carbonyl (C=O) groups is 1. The zero-order valence-electron chi connectivity index (χ0n) is 8.37. The second kappa shape index (κ2) is 3.64. The first-order valence-corrected chi connectivity index (χ1v) is 4.93. The van der Waals surface area contributed by atoms with Crippen molar-refractivity contribution in [3.8, 4) is 0 Å². The number of hydrogen-bond donors (Lipinski definition) is 2. The van der Waals surface area contributed by atoms with Gasteiger partial charge in [0, 0.05) is 10.4 Å². The Morgan fingerprint density at radius 3 is 2.69 bits per heavy atom. The molecule has 0 atom stereocenters. The Balaban J connectivity index is 2.90. The van der Waals surface area contributed by atoms with Gasteiger partial charge >= 0.3 is 5.97 Å². The number of carboxylic acids is 1. The monoisotopic (exact) mass is 237 g/mol. The van der Waals surface area contributed by atoms with Crippen LogP contribution in [0.1, 0.15) is 15.9 Å². The van der Waals surface area contributed by atoms with Gasteiger partial charge in [-0.05, 0) is 30.7 Å². The van der Waals surface area contributed by atoms with Crippen LogP contribution < -0.4 is 5.56 Å². The van der Waals surface area contributed by atoms with Crippen LogP contribution >= 0.6 is 11.6 Å². The van der Waals surface area contributed by atoms with Gasteiger partial charge in [-0.2, -0.15) is 0 Å². The molecule has 2 N–H and O–H groups in total. The highest BCUT2D eigenvalue weighted by Gasteiger charge is 2.11. The molecule has 1 aromatic heterocycles. The Hall–Kier alpha value is -1.81. The number of benzene rings is 1. The SMILES string of the molecule is Cc1cc(Cl)cc2cc(C(=O)O)c(=O)[nH]c12. The second-order valence-corrected chi connectivity index (χ2v) is 3.94. The maximum atomic E-state index is 11.4. The number of aryl methyl sites for hydroxylation is 1. The fourth-order valence-corrected chi connectivity index (χ4v) is 1.90. The lowest BCUT2D eigenvalue weighted by molar-refractivity contribution is 0.0695. The summed E-state index contributed by atoms with van der Waals surface area (Å²) in [5, 5.41) is 9.93. The number of aromatic nitrogens is 1. The van der Waals surface area contributed by atoms with Crippen molar-refractivity contribution in [2.24, 2.45) is 0 Å². The van der Waals surface area contributed by atoms with Crippen LogP contribution in [0.5, 0.6) is 0 Å². The first-order chi connectivity index (χ1) is 7.49. The molecule has 0 saturated heterocycles. The van der Waals surface area contributed by atoms with Crippen molar-refractivity contribution in [3.05, 3.63) is 44.7 Å². The van der Waals surface area contributed by atoms with Crippen molar-refractivity contribution in [2.75, 3.05) is 0 Å². The number of H-pyrrole nitrogens is 1. The van der Waals surface area contributed by atoms with Gasteiger partial charge in [-0.15, -0.1) is 0 Å². The van der Waals surface area contributed by atoms with Crippen LogP contribution in [0, 0.1) is 6.92 Å². The summed E-state index contributed by atoms with van der Waals surface area (Å²) < 4.78 is 0. The van der Waals surface area contributed by atoms with Gasteiger partial charge in [0.2, 0.25) is 0 Å². The van der Waals surface area contributed by atoms with Crippen molar-refractivity contribution >= 4 is 28.5 Å². The molecular formula is C11H8ClNO3. The lowest BCUT2D eigenvalue weighted by atomic mass is 10.1. The molecule has 2 aromatic rings. The fourth-order valence-electron chi connectivity index (χ4n) is 1.61. The second-order valence-electron chi connectivity index (χ2n) is 3.50. The topological polar surface area (TPSA) is 70.2 Å². The van der Waals surface area contributed by atoms with Gasteiger partial charge in [0.1, 0.15) is 5.56 Å². The van der Waals surface area contributed by atoms with Crippen molar-refractivity contribution in [1.29, 1.82) is 0 Å². The molecule has 0 spiro atoms. The average molecular weight is 238 g/mol. The van der Waals surface area contributed by atoms with E-state index >= 15 is 0 Å². The Bertz CT molecular complexity index is 645. The van der Waals surface area contributed by atoms with Crippen LogP contribution in [-0.2, 0) is 0 Å². The van der Waals surface area contributed by atoms with Gasteiger partial charge in [-0.25, -0.2) is 4.79 Å². The zero-order chi connectivity index (χ0) is 11.9. The van der Waals surface area contributed by atoms with Gasteiger partial charge in [0.05, 0.1) is 5.52 Å². The molecule has 0 aliphatic carbocycles. The van der Waals surface area contributed by atoms with Crippen molar-refractivity contribution in [1.82, 2.24) is 4.98 Å². The molecule has 1 aromatic carbocycles. The summed E-state index contributed by atoms with van der Waals surface area (Å²) >= 11 is 5.86. The molecule has 0 amide bonds. The Kier molecular flexibility index (Phi) is 2.44. The van der Waals surface area contributed by atoms with Gasteiger partial charge in [-0.1, -0.05) is 11.6 Å². The highest BCUT2D eigenvalue weighted by atomic mass is 35.5. The summed E-state index contributed by atoms with van der Waals surface area (Å²) in [6, 6.07) is 4.65. The molecule has 0 fully saturated rings. The van der Waals surface area contributed by atoms with E-state index in [0.717, 1.165) is 5.56 Å². The first kappa shape index (κ1) is 10.7. The van der Waals surface area contributed by atoms with Crippen LogP contribution in [0.4, 0.5) is 0 Å². The van der Waals surface area contributed by atoms with Crippen LogP contribution in [0.3, 0.4) is 0 Å².